The molecule has 21 heavy (non-hydrogen) atoms. The van der Waals surface area contributed by atoms with Crippen molar-refractivity contribution in [3.63, 3.8) is 0 Å². The fourth-order valence-electron chi connectivity index (χ4n) is 2.70. The lowest BCUT2D eigenvalue weighted by Gasteiger charge is -2.33. The lowest BCUT2D eigenvalue weighted by Crippen LogP contribution is -2.39. The molecule has 2 aromatic heterocycles. The zero-order chi connectivity index (χ0) is 15.2. The van der Waals surface area contributed by atoms with E-state index < -0.39 is 0 Å². The van der Waals surface area contributed by atoms with Gasteiger partial charge in [0.2, 0.25) is 0 Å². The van der Waals surface area contributed by atoms with Gasteiger partial charge in [0, 0.05) is 30.7 Å². The van der Waals surface area contributed by atoms with E-state index in [2.05, 4.69) is 40.0 Å². The first kappa shape index (κ1) is 15.6. The lowest BCUT2D eigenvalue weighted by atomic mass is 10.0. The van der Waals surface area contributed by atoms with E-state index in [1.807, 2.05) is 32.2 Å². The molecule has 2 aromatic rings. The number of pyridine rings is 2. The highest BCUT2D eigenvalue weighted by molar-refractivity contribution is 5.17. The van der Waals surface area contributed by atoms with Gasteiger partial charge in [0.1, 0.15) is 0 Å². The maximum Gasteiger partial charge on any atom is 0.0547 e. The molecule has 0 amide bonds. The van der Waals surface area contributed by atoms with Crippen molar-refractivity contribution >= 4 is 0 Å². The lowest BCUT2D eigenvalue weighted by molar-refractivity contribution is 0.174. The summed E-state index contributed by atoms with van der Waals surface area (Å²) < 4.78 is 0. The van der Waals surface area contributed by atoms with Gasteiger partial charge in [-0.05, 0) is 44.2 Å². The summed E-state index contributed by atoms with van der Waals surface area (Å²) in [4.78, 5) is 11.2. The molecule has 0 bridgehead atoms. The summed E-state index contributed by atoms with van der Waals surface area (Å²) in [7, 11) is 0. The molecular formula is C17H24N4. The Hall–Kier alpha value is -1.78. The van der Waals surface area contributed by atoms with Crippen LogP contribution in [-0.2, 0) is 6.54 Å². The molecule has 0 saturated carbocycles. The van der Waals surface area contributed by atoms with Crippen molar-refractivity contribution in [2.75, 3.05) is 6.54 Å². The first-order chi connectivity index (χ1) is 10.1. The first-order valence-electron chi connectivity index (χ1n) is 7.44. The maximum absolute atomic E-state index is 6.24. The highest BCUT2D eigenvalue weighted by atomic mass is 15.2. The summed E-state index contributed by atoms with van der Waals surface area (Å²) in [5.41, 5.74) is 9.51. The van der Waals surface area contributed by atoms with E-state index in [9.17, 15) is 0 Å². The number of nitrogens with zero attached hydrogens (tertiary/aromatic N) is 3. The van der Waals surface area contributed by atoms with E-state index in [0.29, 0.717) is 0 Å². The summed E-state index contributed by atoms with van der Waals surface area (Å²) in [6.45, 7) is 7.92. The van der Waals surface area contributed by atoms with Gasteiger partial charge in [-0.25, -0.2) is 0 Å². The zero-order valence-corrected chi connectivity index (χ0v) is 13.0. The molecule has 4 nitrogen and oxygen atoms in total. The van der Waals surface area contributed by atoms with Crippen LogP contribution in [0, 0.1) is 6.92 Å². The van der Waals surface area contributed by atoms with Crippen molar-refractivity contribution in [2.45, 2.75) is 39.4 Å². The number of likely N-dealkylation sites (N-methyl/N-ethyl adjacent to an activating group) is 1. The van der Waals surface area contributed by atoms with Crippen LogP contribution in [0.1, 0.15) is 36.8 Å². The molecule has 2 unspecified atom stereocenters. The van der Waals surface area contributed by atoms with Crippen LogP contribution in [0.2, 0.25) is 0 Å². The predicted molar refractivity (Wildman–Crippen MR) is 85.7 cm³/mol. The Morgan fingerprint density at radius 2 is 2.05 bits per heavy atom. The number of aryl methyl sites for hydroxylation is 1. The van der Waals surface area contributed by atoms with E-state index in [0.717, 1.165) is 30.0 Å². The van der Waals surface area contributed by atoms with Crippen LogP contribution in [0.3, 0.4) is 0 Å². The van der Waals surface area contributed by atoms with Crippen LogP contribution in [0.4, 0.5) is 0 Å². The summed E-state index contributed by atoms with van der Waals surface area (Å²) in [5.74, 6) is 0. The third kappa shape index (κ3) is 4.09. The summed E-state index contributed by atoms with van der Waals surface area (Å²) in [5, 5.41) is 0. The van der Waals surface area contributed by atoms with Crippen LogP contribution in [0.5, 0.6) is 0 Å². The molecule has 0 spiro atoms. The Morgan fingerprint density at radius 3 is 2.62 bits per heavy atom. The molecule has 112 valence electrons. The van der Waals surface area contributed by atoms with Gasteiger partial charge in [0.25, 0.3) is 0 Å². The molecule has 2 heterocycles. The second kappa shape index (κ2) is 7.29. The maximum atomic E-state index is 6.24. The average Bonchev–Trinajstić information content (AvgIpc) is 2.47. The van der Waals surface area contributed by atoms with Gasteiger partial charge in [0.15, 0.2) is 0 Å². The van der Waals surface area contributed by atoms with Gasteiger partial charge in [-0.15, -0.1) is 0 Å². The molecule has 2 N–H and O–H groups in total. The van der Waals surface area contributed by atoms with Crippen molar-refractivity contribution < 1.29 is 0 Å². The highest BCUT2D eigenvalue weighted by Gasteiger charge is 2.23. The Balaban J connectivity index is 2.24. The minimum absolute atomic E-state index is 0.0268. The highest BCUT2D eigenvalue weighted by Crippen LogP contribution is 2.24. The van der Waals surface area contributed by atoms with Gasteiger partial charge in [-0.2, -0.15) is 0 Å². The number of hydrogen-bond acceptors (Lipinski definition) is 4. The number of hydrogen-bond donors (Lipinski definition) is 1. The molecule has 0 fully saturated rings. The molecule has 0 aliphatic heterocycles. The predicted octanol–water partition coefficient (Wildman–Crippen LogP) is 2.70. The van der Waals surface area contributed by atoms with Crippen molar-refractivity contribution in [1.82, 2.24) is 14.9 Å². The van der Waals surface area contributed by atoms with Crippen molar-refractivity contribution in [1.29, 1.82) is 0 Å². The monoisotopic (exact) mass is 284 g/mol. The minimum atomic E-state index is 0.0268. The Kier molecular flexibility index (Phi) is 5.42. The molecule has 0 aliphatic carbocycles. The van der Waals surface area contributed by atoms with Crippen molar-refractivity contribution in [2.24, 2.45) is 5.73 Å². The van der Waals surface area contributed by atoms with Gasteiger partial charge in [0.05, 0.1) is 11.7 Å². The molecule has 0 radical (unpaired) electrons. The quantitative estimate of drug-likeness (QED) is 0.886. The number of nitrogens with two attached hydrogens (primary N) is 1. The van der Waals surface area contributed by atoms with Crippen LogP contribution in [0.15, 0.2) is 42.7 Å². The van der Waals surface area contributed by atoms with Crippen molar-refractivity contribution in [3.8, 4) is 0 Å². The Bertz CT molecular complexity index is 554. The second-order valence-corrected chi connectivity index (χ2v) is 5.42. The molecule has 2 atom stereocenters. The SMILES string of the molecule is CCN(Cc1cccc(C)n1)C(c1cccnc1)C(C)N. The minimum Gasteiger partial charge on any atom is -0.326 e. The molecule has 0 saturated heterocycles. The van der Waals surface area contributed by atoms with Crippen LogP contribution in [-0.4, -0.2) is 27.5 Å². The average molecular weight is 284 g/mol. The topological polar surface area (TPSA) is 55.0 Å². The normalized spacial score (nSPS) is 14.1. The molecule has 2 rings (SSSR count). The van der Waals surface area contributed by atoms with E-state index in [4.69, 9.17) is 5.73 Å². The summed E-state index contributed by atoms with van der Waals surface area (Å²) in [6.07, 6.45) is 3.69. The standard InChI is InChI=1S/C17H24N4/c1-4-21(12-16-9-5-7-13(2)20-16)17(14(3)18)15-8-6-10-19-11-15/h5-11,14,17H,4,12,18H2,1-3H3. The van der Waals surface area contributed by atoms with E-state index >= 15 is 0 Å². The van der Waals surface area contributed by atoms with Crippen LogP contribution >= 0.6 is 0 Å². The third-order valence-electron chi connectivity index (χ3n) is 3.63. The molecule has 0 aliphatic rings. The zero-order valence-electron chi connectivity index (χ0n) is 13.0. The van der Waals surface area contributed by atoms with E-state index in [-0.39, 0.29) is 12.1 Å². The number of aromatic nitrogens is 2. The molecule has 4 heteroatoms. The smallest absolute Gasteiger partial charge is 0.0547 e. The molecule has 0 aromatic carbocycles. The van der Waals surface area contributed by atoms with Gasteiger partial charge >= 0.3 is 0 Å². The number of rotatable bonds is 6. The Morgan fingerprint density at radius 1 is 1.24 bits per heavy atom. The summed E-state index contributed by atoms with van der Waals surface area (Å²) in [6, 6.07) is 10.4. The van der Waals surface area contributed by atoms with Crippen molar-refractivity contribution in [3.05, 3.63) is 59.7 Å². The first-order valence-corrected chi connectivity index (χ1v) is 7.44. The summed E-state index contributed by atoms with van der Waals surface area (Å²) >= 11 is 0. The van der Waals surface area contributed by atoms with Gasteiger partial charge in [-0.3, -0.25) is 14.9 Å². The van der Waals surface area contributed by atoms with Gasteiger partial charge in [-0.1, -0.05) is 19.1 Å². The fourth-order valence-corrected chi connectivity index (χ4v) is 2.70. The second-order valence-electron chi connectivity index (χ2n) is 5.42. The third-order valence-corrected chi connectivity index (χ3v) is 3.63. The van der Waals surface area contributed by atoms with Crippen LogP contribution < -0.4 is 5.73 Å². The van der Waals surface area contributed by atoms with Gasteiger partial charge < -0.3 is 5.73 Å². The Labute approximate surface area is 127 Å². The van der Waals surface area contributed by atoms with E-state index in [1.165, 1.54) is 0 Å². The largest absolute Gasteiger partial charge is 0.326 e. The molecular weight excluding hydrogens is 260 g/mol. The van der Waals surface area contributed by atoms with Crippen LogP contribution in [0.25, 0.3) is 0 Å². The van der Waals surface area contributed by atoms with E-state index in [1.54, 1.807) is 6.20 Å². The fraction of sp³-hybridized carbons (Fsp3) is 0.412.